The van der Waals surface area contributed by atoms with Crippen LogP contribution in [0.4, 0.5) is 0 Å². The van der Waals surface area contributed by atoms with Gasteiger partial charge in [0.25, 0.3) is 5.91 Å². The summed E-state index contributed by atoms with van der Waals surface area (Å²) >= 11 is 18.0. The van der Waals surface area contributed by atoms with Crippen molar-refractivity contribution < 1.29 is 4.79 Å². The van der Waals surface area contributed by atoms with Crippen molar-refractivity contribution in [2.24, 2.45) is 0 Å². The van der Waals surface area contributed by atoms with Gasteiger partial charge in [-0.3, -0.25) is 4.79 Å². The lowest BCUT2D eigenvalue weighted by Gasteiger charge is -2.29. The third kappa shape index (κ3) is 3.56. The van der Waals surface area contributed by atoms with Gasteiger partial charge in [-0.1, -0.05) is 36.0 Å². The number of halogens is 3. The fourth-order valence-corrected chi connectivity index (χ4v) is 3.23. The molecule has 0 aromatic heterocycles. The normalized spacial score (nSPS) is 20.2. The van der Waals surface area contributed by atoms with Crippen molar-refractivity contribution >= 4 is 40.7 Å². The molecule has 1 saturated heterocycles. The molecule has 2 rings (SSSR count). The van der Waals surface area contributed by atoms with Gasteiger partial charge in [0.2, 0.25) is 0 Å². The molecule has 0 radical (unpaired) electrons. The molecule has 1 amide bonds. The van der Waals surface area contributed by atoms with Gasteiger partial charge >= 0.3 is 0 Å². The fourth-order valence-electron chi connectivity index (χ4n) is 2.42. The van der Waals surface area contributed by atoms with E-state index in [4.69, 9.17) is 34.8 Å². The largest absolute Gasteiger partial charge is 0.334 e. The highest BCUT2D eigenvalue weighted by Gasteiger charge is 2.26. The van der Waals surface area contributed by atoms with E-state index in [1.165, 1.54) is 0 Å². The van der Waals surface area contributed by atoms with Crippen molar-refractivity contribution in [3.05, 3.63) is 33.8 Å². The minimum atomic E-state index is -0.0470. The van der Waals surface area contributed by atoms with Gasteiger partial charge < -0.3 is 4.90 Å². The molecule has 19 heavy (non-hydrogen) atoms. The van der Waals surface area contributed by atoms with Gasteiger partial charge in [0.05, 0.1) is 10.6 Å². The zero-order valence-electron chi connectivity index (χ0n) is 10.5. The first-order chi connectivity index (χ1) is 9.13. The molecule has 104 valence electrons. The molecule has 1 aromatic carbocycles. The van der Waals surface area contributed by atoms with Crippen molar-refractivity contribution in [3.63, 3.8) is 0 Å². The lowest BCUT2D eigenvalue weighted by atomic mass is 10.1. The Morgan fingerprint density at radius 1 is 1.26 bits per heavy atom. The second-order valence-corrected chi connectivity index (χ2v) is 5.93. The number of nitrogens with zero attached hydrogens (tertiary/aromatic N) is 1. The van der Waals surface area contributed by atoms with Crippen LogP contribution in [0.25, 0.3) is 0 Å². The Hall–Kier alpha value is -0.440. The maximum absolute atomic E-state index is 12.6. The number of hydrogen-bond donors (Lipinski definition) is 0. The quantitative estimate of drug-likeness (QED) is 0.728. The van der Waals surface area contributed by atoms with Crippen LogP contribution < -0.4 is 0 Å². The van der Waals surface area contributed by atoms with E-state index < -0.39 is 0 Å². The molecule has 0 spiro atoms. The maximum Gasteiger partial charge on any atom is 0.255 e. The van der Waals surface area contributed by atoms with Gasteiger partial charge in [0, 0.05) is 23.5 Å². The van der Waals surface area contributed by atoms with Crippen LogP contribution >= 0.6 is 34.8 Å². The topological polar surface area (TPSA) is 20.3 Å². The molecule has 1 aliphatic heterocycles. The van der Waals surface area contributed by atoms with Crippen molar-refractivity contribution in [3.8, 4) is 0 Å². The second kappa shape index (κ2) is 6.83. The Balaban J connectivity index is 2.25. The molecule has 1 heterocycles. The van der Waals surface area contributed by atoms with Crippen molar-refractivity contribution in [1.82, 2.24) is 4.90 Å². The summed E-state index contributed by atoms with van der Waals surface area (Å²) in [6.45, 7) is 0.745. The zero-order valence-corrected chi connectivity index (χ0v) is 12.8. The van der Waals surface area contributed by atoms with Gasteiger partial charge in [-0.15, -0.1) is 11.6 Å². The van der Waals surface area contributed by atoms with Crippen molar-refractivity contribution in [2.75, 3.05) is 12.4 Å². The average molecular weight is 321 g/mol. The number of alkyl halides is 1. The number of rotatable bonds is 2. The Kier molecular flexibility index (Phi) is 5.37. The van der Waals surface area contributed by atoms with Crippen LogP contribution in [0.3, 0.4) is 0 Å². The Morgan fingerprint density at radius 2 is 2.05 bits per heavy atom. The number of hydrogen-bond acceptors (Lipinski definition) is 1. The predicted octanol–water partition coefficient (Wildman–Crippen LogP) is 4.62. The number of benzene rings is 1. The van der Waals surface area contributed by atoms with Crippen LogP contribution in [0, 0.1) is 0 Å². The van der Waals surface area contributed by atoms with Gasteiger partial charge in [-0.2, -0.15) is 0 Å². The molecule has 5 heteroatoms. The summed E-state index contributed by atoms with van der Waals surface area (Å²) in [5.74, 6) is 0.422. The lowest BCUT2D eigenvalue weighted by Crippen LogP contribution is -2.41. The van der Waals surface area contributed by atoms with E-state index in [1.807, 2.05) is 4.90 Å². The predicted molar refractivity (Wildman–Crippen MR) is 80.5 cm³/mol. The van der Waals surface area contributed by atoms with E-state index >= 15 is 0 Å². The third-order valence-electron chi connectivity index (χ3n) is 3.48. The standard InChI is InChI=1S/C14H16Cl3NO/c15-9-11-4-2-1-3-7-18(11)14(19)12-6-5-10(16)8-13(12)17/h5-6,8,11H,1-4,7,9H2. The van der Waals surface area contributed by atoms with E-state index in [1.54, 1.807) is 18.2 Å². The maximum atomic E-state index is 12.6. The molecule has 1 atom stereocenters. The highest BCUT2D eigenvalue weighted by Crippen LogP contribution is 2.25. The fraction of sp³-hybridized carbons (Fsp3) is 0.500. The second-order valence-electron chi connectivity index (χ2n) is 4.78. The molecule has 1 unspecified atom stereocenters. The van der Waals surface area contributed by atoms with Crippen LogP contribution in [0.2, 0.25) is 10.0 Å². The number of carbonyl (C=O) groups excluding carboxylic acids is 1. The lowest BCUT2D eigenvalue weighted by molar-refractivity contribution is 0.0700. The summed E-state index contributed by atoms with van der Waals surface area (Å²) < 4.78 is 0. The number of carbonyl (C=O) groups is 1. The van der Waals surface area contributed by atoms with Crippen molar-refractivity contribution in [1.29, 1.82) is 0 Å². The molecule has 0 bridgehead atoms. The van der Waals surface area contributed by atoms with E-state index in [9.17, 15) is 4.79 Å². The molecule has 0 aliphatic carbocycles. The first kappa shape index (κ1) is 15.0. The summed E-state index contributed by atoms with van der Waals surface area (Å²) in [4.78, 5) is 14.4. The Bertz CT molecular complexity index is 464. The highest BCUT2D eigenvalue weighted by atomic mass is 35.5. The van der Waals surface area contributed by atoms with Crippen LogP contribution in [0.1, 0.15) is 36.0 Å². The third-order valence-corrected chi connectivity index (χ3v) is 4.38. The molecule has 2 nitrogen and oxygen atoms in total. The van der Waals surface area contributed by atoms with Gasteiger partial charge in [0.1, 0.15) is 0 Å². The molecule has 0 saturated carbocycles. The molecular formula is C14H16Cl3NO. The summed E-state index contributed by atoms with van der Waals surface area (Å²) in [5, 5.41) is 0.932. The summed E-state index contributed by atoms with van der Waals surface area (Å²) in [6.07, 6.45) is 4.24. The summed E-state index contributed by atoms with van der Waals surface area (Å²) in [7, 11) is 0. The minimum absolute atomic E-state index is 0.0470. The van der Waals surface area contributed by atoms with E-state index in [-0.39, 0.29) is 11.9 Å². The Morgan fingerprint density at radius 3 is 2.74 bits per heavy atom. The van der Waals surface area contributed by atoms with Crippen LogP contribution in [-0.4, -0.2) is 29.3 Å². The first-order valence-corrected chi connectivity index (χ1v) is 7.74. The van der Waals surface area contributed by atoms with Gasteiger partial charge in [-0.25, -0.2) is 0 Å². The molecule has 1 aromatic rings. The first-order valence-electron chi connectivity index (χ1n) is 6.45. The van der Waals surface area contributed by atoms with Crippen LogP contribution in [-0.2, 0) is 0 Å². The smallest absolute Gasteiger partial charge is 0.255 e. The SMILES string of the molecule is O=C(c1ccc(Cl)cc1Cl)N1CCCCCC1CCl. The van der Waals surface area contributed by atoms with E-state index in [2.05, 4.69) is 0 Å². The molecule has 1 fully saturated rings. The summed E-state index contributed by atoms with van der Waals surface area (Å²) in [6, 6.07) is 5.07. The highest BCUT2D eigenvalue weighted by molar-refractivity contribution is 6.36. The minimum Gasteiger partial charge on any atom is -0.334 e. The molecule has 1 aliphatic rings. The van der Waals surface area contributed by atoms with Gasteiger partial charge in [-0.05, 0) is 31.0 Å². The summed E-state index contributed by atoms with van der Waals surface area (Å²) in [5.41, 5.74) is 0.503. The number of likely N-dealkylation sites (tertiary alicyclic amines) is 1. The zero-order chi connectivity index (χ0) is 13.8. The molecular weight excluding hydrogens is 305 g/mol. The molecule has 0 N–H and O–H groups in total. The van der Waals surface area contributed by atoms with Crippen LogP contribution in [0.5, 0.6) is 0 Å². The van der Waals surface area contributed by atoms with E-state index in [0.717, 1.165) is 32.2 Å². The van der Waals surface area contributed by atoms with Crippen LogP contribution in [0.15, 0.2) is 18.2 Å². The monoisotopic (exact) mass is 319 g/mol. The average Bonchev–Trinajstić information content (AvgIpc) is 2.63. The van der Waals surface area contributed by atoms with Gasteiger partial charge in [0.15, 0.2) is 0 Å². The number of amides is 1. The Labute approximate surface area is 128 Å². The van der Waals surface area contributed by atoms with Crippen molar-refractivity contribution in [2.45, 2.75) is 31.7 Å². The van der Waals surface area contributed by atoms with E-state index in [0.29, 0.717) is 21.5 Å².